The molecule has 0 unspecified atom stereocenters. The summed E-state index contributed by atoms with van der Waals surface area (Å²) in [6, 6.07) is 52.3. The number of carbonyl (C=O) groups excluding carboxylic acids is 5. The van der Waals surface area contributed by atoms with E-state index < -0.39 is 17.9 Å². The molecular weight excluding hydrogens is 1710 g/mol. The van der Waals surface area contributed by atoms with Crippen molar-refractivity contribution in [2.45, 2.75) is 195 Å². The van der Waals surface area contributed by atoms with E-state index in [4.69, 9.17) is 98.1 Å². The number of aromatic hydroxyl groups is 4. The van der Waals surface area contributed by atoms with Crippen LogP contribution in [0.5, 0.6) is 63.2 Å². The average Bonchev–Trinajstić information content (AvgIpc) is 0.863. The molecule has 28 nitrogen and oxygen atoms in total. The van der Waals surface area contributed by atoms with Crippen LogP contribution in [-0.2, 0) is 28.5 Å². The van der Waals surface area contributed by atoms with Crippen molar-refractivity contribution in [3.8, 4) is 63.2 Å². The van der Waals surface area contributed by atoms with Gasteiger partial charge in [0.05, 0.1) is 93.9 Å². The van der Waals surface area contributed by atoms with E-state index in [0.29, 0.717) is 99.2 Å². The van der Waals surface area contributed by atoms with Crippen molar-refractivity contribution in [1.82, 2.24) is 0 Å². The van der Waals surface area contributed by atoms with Crippen LogP contribution in [-0.4, -0.2) is 180 Å². The standard InChI is InChI=1S/C29H38O6.C16H20O5.C15H22O4.C13H18O4.C13H20O2.C9H10O3.C6H6O2.CH4O.K.H2O/c1-3-5-6-7-10-21-33-26-17-19-27(20-18-26)35-29(31)24-13-15-25(16-14-24)32-22-11-8-9-12-23-34-28(30)4-2;1-2-15(17)21-12-6-4-3-5-11-20-14-9-7-13(8-10-14)16(18)19;1-2-18-15(17)13-7-9-14(10-8-13)19-12-6-4-3-5-11-16;14-9-3-1-2-4-10-17-12-7-5-11(6-8-12)13(15)16;1-2-3-4-5-6-11-15-13-9-7-12(14)8-10-13;1-2-12-9(11)7-3-5-8(10)6-4-7;7-5-1-2-6(8)4-3-5;1-2;;/h4,13-20H,2-3,5-12,21-23H2,1H3;2,7-10H,1,3-6,11-12H2,(H,18,19);7-10,16H,2-6,11-12H2,1H3;5-8,14H,1-4,9-10H2,(H,15,16);7-10,14H,2-6,11H2,1H3;3-6,10H,2H2,1H3;1-4,7-8H;2H,1H3;;1H2/q;;;;;;;;+1;/p-1. The quantitative estimate of drug-likeness (QED) is 0.00325. The Labute approximate surface area is 815 Å². The van der Waals surface area contributed by atoms with Crippen LogP contribution in [0.3, 0.4) is 0 Å². The fourth-order valence-electron chi connectivity index (χ4n) is 10.8. The second-order valence-corrected chi connectivity index (χ2v) is 28.3. The molecule has 8 rings (SSSR count). The zero-order valence-corrected chi connectivity index (χ0v) is 80.4. The van der Waals surface area contributed by atoms with Crippen molar-refractivity contribution in [3.05, 3.63) is 247 Å². The Bertz CT molecular complexity index is 4170. The summed E-state index contributed by atoms with van der Waals surface area (Å²) in [4.78, 5) is 77.9. The number of unbranched alkanes of at least 4 members (excludes halogenated alkanes) is 20. The maximum atomic E-state index is 12.4. The first-order chi connectivity index (χ1) is 62.6. The molecule has 0 saturated carbocycles. The second kappa shape index (κ2) is 83.3. The van der Waals surface area contributed by atoms with E-state index >= 15 is 0 Å². The molecule has 10 N–H and O–H groups in total. The van der Waals surface area contributed by atoms with E-state index in [2.05, 4.69) is 27.0 Å². The van der Waals surface area contributed by atoms with Crippen LogP contribution < -0.4 is 84.5 Å². The van der Waals surface area contributed by atoms with E-state index in [9.17, 15) is 33.6 Å². The average molecular weight is 1850 g/mol. The molecule has 0 aliphatic carbocycles. The molecular formula is C102H139KO28. The number of esters is 5. The number of carboxylic acids is 2. The van der Waals surface area contributed by atoms with Crippen LogP contribution in [0.25, 0.3) is 0 Å². The van der Waals surface area contributed by atoms with Crippen molar-refractivity contribution in [3.63, 3.8) is 0 Å². The minimum Gasteiger partial charge on any atom is -0.870 e. The molecule has 0 spiro atoms. The summed E-state index contributed by atoms with van der Waals surface area (Å²) in [6.07, 6.45) is 29.7. The number of aliphatic hydroxyl groups is 3. The Balaban J connectivity index is 0. The fraction of sp³-hybridized carbons (Fsp3) is 0.422. The molecule has 0 aromatic heterocycles. The molecule has 716 valence electrons. The topological polar surface area (TPSA) is 433 Å². The first kappa shape index (κ1) is 122. The predicted octanol–water partition coefficient (Wildman–Crippen LogP) is 17.9. The summed E-state index contributed by atoms with van der Waals surface area (Å²) >= 11 is 0. The Morgan fingerprint density at radius 2 is 0.466 bits per heavy atom. The number of rotatable bonds is 54. The first-order valence-electron chi connectivity index (χ1n) is 44.2. The van der Waals surface area contributed by atoms with E-state index in [1.807, 2.05) is 12.1 Å². The molecule has 0 bridgehead atoms. The number of phenols is 4. The van der Waals surface area contributed by atoms with Gasteiger partial charge in [-0.15, -0.1) is 0 Å². The van der Waals surface area contributed by atoms with Gasteiger partial charge in [-0.05, 0) is 311 Å². The van der Waals surface area contributed by atoms with Crippen LogP contribution in [0.15, 0.2) is 219 Å². The third-order valence-corrected chi connectivity index (χ3v) is 17.9. The second-order valence-electron chi connectivity index (χ2n) is 28.3. The molecule has 29 heteroatoms. The molecule has 0 amide bonds. The van der Waals surface area contributed by atoms with Gasteiger partial charge in [0, 0.05) is 32.5 Å². The number of hydrogen-bond acceptors (Lipinski definition) is 26. The molecule has 0 atom stereocenters. The van der Waals surface area contributed by atoms with Gasteiger partial charge in [-0.2, -0.15) is 0 Å². The maximum Gasteiger partial charge on any atom is 1.00 e. The Kier molecular flexibility index (Phi) is 77.7. The molecule has 0 radical (unpaired) electrons. The summed E-state index contributed by atoms with van der Waals surface area (Å²) in [5.74, 6) is 1.94. The molecule has 0 fully saturated rings. The van der Waals surface area contributed by atoms with Crippen LogP contribution >= 0.6 is 0 Å². The van der Waals surface area contributed by atoms with E-state index in [-0.39, 0.29) is 128 Å². The van der Waals surface area contributed by atoms with Crippen molar-refractivity contribution < 1.29 is 188 Å². The summed E-state index contributed by atoms with van der Waals surface area (Å²) in [7, 11) is 1.00. The largest absolute Gasteiger partial charge is 1.00 e. The number of hydrogen-bond donors (Lipinski definition) is 9. The van der Waals surface area contributed by atoms with E-state index in [1.165, 1.54) is 130 Å². The van der Waals surface area contributed by atoms with Crippen molar-refractivity contribution >= 4 is 41.8 Å². The summed E-state index contributed by atoms with van der Waals surface area (Å²) < 4.78 is 58.5. The summed E-state index contributed by atoms with van der Waals surface area (Å²) in [6.45, 7) is 20.6. The number of aliphatic hydroxyl groups excluding tert-OH is 3. The van der Waals surface area contributed by atoms with Gasteiger partial charge in [-0.3, -0.25) is 0 Å². The van der Waals surface area contributed by atoms with E-state index in [1.54, 1.807) is 123 Å². The number of ether oxygens (including phenoxy) is 11. The van der Waals surface area contributed by atoms with Crippen molar-refractivity contribution in [2.75, 3.05) is 86.4 Å². The molecule has 8 aromatic carbocycles. The smallest absolute Gasteiger partial charge is 0.870 e. The minimum absolute atomic E-state index is 0. The predicted molar refractivity (Wildman–Crippen MR) is 500 cm³/mol. The van der Waals surface area contributed by atoms with Crippen LogP contribution in [0.4, 0.5) is 0 Å². The molecule has 0 aliphatic heterocycles. The van der Waals surface area contributed by atoms with Gasteiger partial charge in [-0.25, -0.2) is 33.6 Å². The van der Waals surface area contributed by atoms with Crippen LogP contribution in [0.1, 0.15) is 246 Å². The Morgan fingerprint density at radius 1 is 0.267 bits per heavy atom. The van der Waals surface area contributed by atoms with Gasteiger partial charge < -0.3 is 104 Å². The third-order valence-electron chi connectivity index (χ3n) is 17.9. The van der Waals surface area contributed by atoms with Crippen molar-refractivity contribution in [1.29, 1.82) is 0 Å². The fourth-order valence-corrected chi connectivity index (χ4v) is 10.8. The zero-order valence-electron chi connectivity index (χ0n) is 77.2. The number of aromatic carboxylic acids is 2. The molecule has 0 aliphatic rings. The summed E-state index contributed by atoms with van der Waals surface area (Å²) in [5.41, 5.74) is 1.96. The van der Waals surface area contributed by atoms with Gasteiger partial charge in [0.1, 0.15) is 63.2 Å². The monoisotopic (exact) mass is 1850 g/mol. The van der Waals surface area contributed by atoms with Gasteiger partial charge in [0.15, 0.2) is 0 Å². The van der Waals surface area contributed by atoms with Crippen molar-refractivity contribution in [2.24, 2.45) is 0 Å². The first-order valence-corrected chi connectivity index (χ1v) is 44.2. The van der Waals surface area contributed by atoms with Gasteiger partial charge in [0.25, 0.3) is 0 Å². The third kappa shape index (κ3) is 66.1. The Morgan fingerprint density at radius 3 is 0.710 bits per heavy atom. The minimum atomic E-state index is -0.946. The van der Waals surface area contributed by atoms with Gasteiger partial charge in [-0.1, -0.05) is 91.2 Å². The number of carboxylic acid groups (broad SMARTS) is 2. The van der Waals surface area contributed by atoms with Gasteiger partial charge >= 0.3 is 93.2 Å². The molecule has 0 heterocycles. The SMILES string of the molecule is C=CC(=O)OCCCCCCOc1ccc(C(=O)O)cc1.C=CC(=O)OCCCCCCOc1ccc(C(=O)Oc2ccc(OCCCCCCC)cc2)cc1.CCCCCCCOc1ccc(O)cc1.CCOC(=O)c1ccc(O)cc1.CCOC(=O)c1ccc(OCCCCCCO)cc1.CO.O=C(O)c1ccc(OCCCCCCO)cc1.Oc1ccc(O)cc1.[K+].[OH-]. The number of benzene rings is 8. The normalized spacial score (nSPS) is 9.80. The van der Waals surface area contributed by atoms with E-state index in [0.717, 1.165) is 153 Å². The zero-order chi connectivity index (χ0) is 95.0. The van der Waals surface area contributed by atoms with Crippen LogP contribution in [0.2, 0.25) is 0 Å². The molecule has 0 saturated heterocycles. The molecule has 8 aromatic rings. The number of phenolic OH excluding ortho intramolecular Hbond substituents is 4. The summed E-state index contributed by atoms with van der Waals surface area (Å²) in [5, 5.41) is 77.0. The number of carbonyl (C=O) groups is 7. The maximum absolute atomic E-state index is 12.4. The Hall–Kier alpha value is -11.0. The van der Waals surface area contributed by atoms with Crippen LogP contribution in [0, 0.1) is 0 Å². The molecule has 131 heavy (non-hydrogen) atoms. The van der Waals surface area contributed by atoms with Gasteiger partial charge in [0.2, 0.25) is 0 Å².